The molecule has 2 nitrogen and oxygen atoms in total. The first kappa shape index (κ1) is 8.53. The Labute approximate surface area is 72.0 Å². The van der Waals surface area contributed by atoms with Gasteiger partial charge in [0, 0.05) is 11.8 Å². The Hall–Kier alpha value is -1.57. The van der Waals surface area contributed by atoms with Crippen LogP contribution in [-0.2, 0) is 4.74 Å². The molecule has 0 aliphatic heterocycles. The van der Waals surface area contributed by atoms with Gasteiger partial charge in [0.2, 0.25) is 0 Å². The summed E-state index contributed by atoms with van der Waals surface area (Å²) in [6, 6.07) is 9.69. The summed E-state index contributed by atoms with van der Waals surface area (Å²) in [6.07, 6.45) is 2.83. The van der Waals surface area contributed by atoms with E-state index in [1.165, 1.54) is 6.21 Å². The van der Waals surface area contributed by atoms with Gasteiger partial charge in [-0.05, 0) is 5.56 Å². The number of hydrogen-bond acceptors (Lipinski definition) is 2. The molecule has 0 amide bonds. The molecule has 0 unspecified atom stereocenters. The Kier molecular flexibility index (Phi) is 3.08. The first-order chi connectivity index (χ1) is 5.88. The minimum absolute atomic E-state index is 0.776. The Morgan fingerprint density at radius 3 is 2.50 bits per heavy atom. The van der Waals surface area contributed by atoms with E-state index in [9.17, 15) is 0 Å². The summed E-state index contributed by atoms with van der Waals surface area (Å²) < 4.78 is 4.84. The Morgan fingerprint density at radius 2 is 2.00 bits per heavy atom. The third kappa shape index (κ3) is 1.95. The van der Waals surface area contributed by atoms with Crippen molar-refractivity contribution in [3.8, 4) is 0 Å². The number of nitrogens with one attached hydrogen (secondary N) is 1. The second kappa shape index (κ2) is 4.34. The molecule has 0 atom stereocenters. The van der Waals surface area contributed by atoms with E-state index in [2.05, 4.69) is 0 Å². The van der Waals surface area contributed by atoms with Crippen LogP contribution in [0.5, 0.6) is 0 Å². The predicted molar refractivity (Wildman–Crippen MR) is 50.2 cm³/mol. The number of rotatable bonds is 3. The number of allylic oxidation sites excluding steroid dienone is 1. The fraction of sp³-hybridized carbons (Fsp3) is 0.100. The van der Waals surface area contributed by atoms with Crippen LogP contribution in [0.3, 0.4) is 0 Å². The summed E-state index contributed by atoms with van der Waals surface area (Å²) >= 11 is 0. The second-order valence-corrected chi connectivity index (χ2v) is 2.32. The van der Waals surface area contributed by atoms with Crippen LogP contribution in [0.2, 0.25) is 0 Å². The van der Waals surface area contributed by atoms with Crippen LogP contribution in [0.15, 0.2) is 36.6 Å². The van der Waals surface area contributed by atoms with Crippen LogP contribution in [0.1, 0.15) is 5.56 Å². The van der Waals surface area contributed by atoms with Crippen molar-refractivity contribution in [3.63, 3.8) is 0 Å². The molecule has 0 saturated carbocycles. The zero-order valence-electron chi connectivity index (χ0n) is 6.95. The summed E-state index contributed by atoms with van der Waals surface area (Å²) in [5.41, 5.74) is 1.77. The molecule has 62 valence electrons. The molecule has 0 heterocycles. The molecular weight excluding hydrogens is 150 g/mol. The molecule has 1 rings (SSSR count). The molecule has 1 aromatic rings. The molecule has 0 aliphatic rings. The van der Waals surface area contributed by atoms with Crippen molar-refractivity contribution < 1.29 is 4.74 Å². The summed E-state index contributed by atoms with van der Waals surface area (Å²) in [4.78, 5) is 0. The van der Waals surface area contributed by atoms with Crippen LogP contribution in [-0.4, -0.2) is 13.3 Å². The lowest BCUT2D eigenvalue weighted by Gasteiger charge is -1.99. The summed E-state index contributed by atoms with van der Waals surface area (Å²) in [5.74, 6) is 0. The quantitative estimate of drug-likeness (QED) is 0.535. The molecule has 12 heavy (non-hydrogen) atoms. The SMILES string of the molecule is COC=C(C=N)c1ccccc1. The van der Waals surface area contributed by atoms with Gasteiger partial charge in [-0.1, -0.05) is 30.3 Å². The summed E-state index contributed by atoms with van der Waals surface area (Å²) in [5, 5.41) is 7.13. The van der Waals surface area contributed by atoms with E-state index in [1.54, 1.807) is 13.4 Å². The largest absolute Gasteiger partial charge is 0.504 e. The zero-order valence-corrected chi connectivity index (χ0v) is 6.95. The van der Waals surface area contributed by atoms with Gasteiger partial charge in [0.15, 0.2) is 0 Å². The molecule has 0 aliphatic carbocycles. The monoisotopic (exact) mass is 161 g/mol. The van der Waals surface area contributed by atoms with Gasteiger partial charge in [0.25, 0.3) is 0 Å². The van der Waals surface area contributed by atoms with Crippen LogP contribution >= 0.6 is 0 Å². The molecule has 0 fully saturated rings. The van der Waals surface area contributed by atoms with Crippen molar-refractivity contribution >= 4 is 11.8 Å². The highest BCUT2D eigenvalue weighted by Crippen LogP contribution is 2.10. The van der Waals surface area contributed by atoms with E-state index in [0.29, 0.717) is 0 Å². The summed E-state index contributed by atoms with van der Waals surface area (Å²) in [6.45, 7) is 0. The Balaban J connectivity index is 2.96. The van der Waals surface area contributed by atoms with Gasteiger partial charge in [-0.25, -0.2) is 0 Å². The lowest BCUT2D eigenvalue weighted by Crippen LogP contribution is -1.85. The van der Waals surface area contributed by atoms with E-state index < -0.39 is 0 Å². The maximum atomic E-state index is 7.13. The standard InChI is InChI=1S/C10H11NO/c1-12-8-10(7-11)9-5-3-2-4-6-9/h2-8,11H,1H3. The second-order valence-electron chi connectivity index (χ2n) is 2.32. The lowest BCUT2D eigenvalue weighted by molar-refractivity contribution is 0.340. The van der Waals surface area contributed by atoms with Gasteiger partial charge >= 0.3 is 0 Å². The van der Waals surface area contributed by atoms with Gasteiger partial charge in [0.05, 0.1) is 13.4 Å². The van der Waals surface area contributed by atoms with Crippen molar-refractivity contribution in [3.05, 3.63) is 42.2 Å². The molecule has 0 radical (unpaired) electrons. The van der Waals surface area contributed by atoms with E-state index in [1.807, 2.05) is 30.3 Å². The predicted octanol–water partition coefficient (Wildman–Crippen LogP) is 2.32. The smallest absolute Gasteiger partial charge is 0.0918 e. The van der Waals surface area contributed by atoms with Crippen molar-refractivity contribution in [2.75, 3.05) is 7.11 Å². The molecule has 0 bridgehead atoms. The maximum absolute atomic E-state index is 7.13. The topological polar surface area (TPSA) is 33.1 Å². The van der Waals surface area contributed by atoms with Crippen LogP contribution < -0.4 is 0 Å². The van der Waals surface area contributed by atoms with Crippen LogP contribution in [0.25, 0.3) is 5.57 Å². The third-order valence-electron chi connectivity index (χ3n) is 1.51. The van der Waals surface area contributed by atoms with Crippen LogP contribution in [0, 0.1) is 5.41 Å². The van der Waals surface area contributed by atoms with Crippen molar-refractivity contribution in [1.29, 1.82) is 5.41 Å². The third-order valence-corrected chi connectivity index (χ3v) is 1.51. The first-order valence-electron chi connectivity index (χ1n) is 3.67. The van der Waals surface area contributed by atoms with E-state index in [0.717, 1.165) is 11.1 Å². The van der Waals surface area contributed by atoms with Crippen molar-refractivity contribution in [1.82, 2.24) is 0 Å². The fourth-order valence-electron chi connectivity index (χ4n) is 0.943. The number of methoxy groups -OCH3 is 1. The number of hydrogen-bond donors (Lipinski definition) is 1. The molecule has 2 heteroatoms. The molecule has 0 saturated heterocycles. The van der Waals surface area contributed by atoms with Gasteiger partial charge in [-0.15, -0.1) is 0 Å². The molecular formula is C10H11NO. The van der Waals surface area contributed by atoms with Gasteiger partial charge in [-0.3, -0.25) is 0 Å². The zero-order chi connectivity index (χ0) is 8.81. The van der Waals surface area contributed by atoms with E-state index in [4.69, 9.17) is 10.1 Å². The minimum Gasteiger partial charge on any atom is -0.504 e. The maximum Gasteiger partial charge on any atom is 0.0918 e. The number of benzene rings is 1. The van der Waals surface area contributed by atoms with Crippen LogP contribution in [0.4, 0.5) is 0 Å². The molecule has 1 aromatic carbocycles. The normalized spacial score (nSPS) is 10.9. The number of ether oxygens (including phenoxy) is 1. The molecule has 0 spiro atoms. The fourth-order valence-corrected chi connectivity index (χ4v) is 0.943. The lowest BCUT2D eigenvalue weighted by atomic mass is 10.1. The van der Waals surface area contributed by atoms with E-state index in [-0.39, 0.29) is 0 Å². The Bertz CT molecular complexity index is 277. The van der Waals surface area contributed by atoms with Crippen molar-refractivity contribution in [2.45, 2.75) is 0 Å². The highest BCUT2D eigenvalue weighted by atomic mass is 16.5. The first-order valence-corrected chi connectivity index (χ1v) is 3.67. The Morgan fingerprint density at radius 1 is 1.33 bits per heavy atom. The molecule has 1 N–H and O–H groups in total. The van der Waals surface area contributed by atoms with Gasteiger partial charge in [-0.2, -0.15) is 0 Å². The summed E-state index contributed by atoms with van der Waals surface area (Å²) in [7, 11) is 1.58. The van der Waals surface area contributed by atoms with Gasteiger partial charge < -0.3 is 10.1 Å². The van der Waals surface area contributed by atoms with Crippen molar-refractivity contribution in [2.24, 2.45) is 0 Å². The van der Waals surface area contributed by atoms with Gasteiger partial charge in [0.1, 0.15) is 0 Å². The highest BCUT2D eigenvalue weighted by molar-refractivity contribution is 6.07. The average Bonchev–Trinajstić information content (AvgIpc) is 2.15. The molecule has 0 aromatic heterocycles. The average molecular weight is 161 g/mol. The van der Waals surface area contributed by atoms with E-state index >= 15 is 0 Å². The highest BCUT2D eigenvalue weighted by Gasteiger charge is 1.95. The minimum atomic E-state index is 0.776.